The maximum atomic E-state index is 11.1. The van der Waals surface area contributed by atoms with Crippen molar-refractivity contribution in [3.05, 3.63) is 59.2 Å². The Hall–Kier alpha value is -2.35. The van der Waals surface area contributed by atoms with Gasteiger partial charge < -0.3 is 4.42 Å². The van der Waals surface area contributed by atoms with Crippen LogP contribution in [0.3, 0.4) is 0 Å². The Morgan fingerprint density at radius 2 is 1.68 bits per heavy atom. The molecule has 2 aromatic carbocycles. The minimum absolute atomic E-state index is 0.654. The highest BCUT2D eigenvalue weighted by molar-refractivity contribution is 5.90. The van der Waals surface area contributed by atoms with Crippen molar-refractivity contribution in [1.82, 2.24) is 0 Å². The molecule has 0 fully saturated rings. The SMILES string of the molecule is Cc1ccc(C=O)c(-c2cc3cc(C)ccc3o2)c1. The van der Waals surface area contributed by atoms with Crippen molar-refractivity contribution in [3.63, 3.8) is 0 Å². The highest BCUT2D eigenvalue weighted by Gasteiger charge is 2.10. The molecule has 0 bridgehead atoms. The van der Waals surface area contributed by atoms with Crippen LogP contribution in [0.1, 0.15) is 21.5 Å². The lowest BCUT2D eigenvalue weighted by molar-refractivity contribution is 0.112. The zero-order valence-corrected chi connectivity index (χ0v) is 10.9. The molecule has 0 aliphatic rings. The maximum Gasteiger partial charge on any atom is 0.150 e. The van der Waals surface area contributed by atoms with Gasteiger partial charge in [-0.3, -0.25) is 4.79 Å². The van der Waals surface area contributed by atoms with Crippen LogP contribution in [0.5, 0.6) is 0 Å². The zero-order chi connectivity index (χ0) is 13.4. The molecule has 0 unspecified atom stereocenters. The minimum atomic E-state index is 0.654. The van der Waals surface area contributed by atoms with Crippen molar-refractivity contribution in [3.8, 4) is 11.3 Å². The topological polar surface area (TPSA) is 30.2 Å². The quantitative estimate of drug-likeness (QED) is 0.625. The van der Waals surface area contributed by atoms with Gasteiger partial charge in [0, 0.05) is 16.5 Å². The summed E-state index contributed by atoms with van der Waals surface area (Å²) in [6.45, 7) is 4.06. The second-order valence-electron chi connectivity index (χ2n) is 4.86. The highest BCUT2D eigenvalue weighted by Crippen LogP contribution is 2.30. The van der Waals surface area contributed by atoms with E-state index in [2.05, 4.69) is 13.0 Å². The van der Waals surface area contributed by atoms with Gasteiger partial charge in [-0.15, -0.1) is 0 Å². The van der Waals surface area contributed by atoms with E-state index in [1.807, 2.05) is 43.3 Å². The summed E-state index contributed by atoms with van der Waals surface area (Å²) in [7, 11) is 0. The average Bonchev–Trinajstić information content (AvgIpc) is 2.81. The predicted octanol–water partition coefficient (Wildman–Crippen LogP) is 4.53. The summed E-state index contributed by atoms with van der Waals surface area (Å²) in [5.41, 5.74) is 4.65. The highest BCUT2D eigenvalue weighted by atomic mass is 16.3. The number of fused-ring (bicyclic) bond motifs is 1. The van der Waals surface area contributed by atoms with E-state index in [0.717, 1.165) is 34.1 Å². The molecule has 2 heteroatoms. The first kappa shape index (κ1) is 11.7. The van der Waals surface area contributed by atoms with Gasteiger partial charge in [-0.2, -0.15) is 0 Å². The Labute approximate surface area is 111 Å². The molecule has 0 atom stereocenters. The number of furan rings is 1. The fraction of sp³-hybridized carbons (Fsp3) is 0.118. The molecule has 0 aliphatic heterocycles. The minimum Gasteiger partial charge on any atom is -0.456 e. The van der Waals surface area contributed by atoms with Crippen LogP contribution in [0.15, 0.2) is 46.9 Å². The third kappa shape index (κ3) is 2.06. The van der Waals surface area contributed by atoms with Crippen LogP contribution in [-0.2, 0) is 0 Å². The van der Waals surface area contributed by atoms with Gasteiger partial charge in [-0.1, -0.05) is 29.3 Å². The van der Waals surface area contributed by atoms with Gasteiger partial charge in [-0.05, 0) is 38.1 Å². The van der Waals surface area contributed by atoms with Crippen LogP contribution in [0.2, 0.25) is 0 Å². The van der Waals surface area contributed by atoms with Gasteiger partial charge in [0.05, 0.1) is 0 Å². The fourth-order valence-electron chi connectivity index (χ4n) is 2.28. The molecule has 0 saturated heterocycles. The zero-order valence-electron chi connectivity index (χ0n) is 10.9. The Morgan fingerprint density at radius 1 is 0.947 bits per heavy atom. The number of hydrogen-bond acceptors (Lipinski definition) is 2. The molecule has 2 nitrogen and oxygen atoms in total. The summed E-state index contributed by atoms with van der Waals surface area (Å²) < 4.78 is 5.85. The number of benzene rings is 2. The average molecular weight is 250 g/mol. The lowest BCUT2D eigenvalue weighted by Gasteiger charge is -2.02. The molecule has 1 heterocycles. The molecule has 19 heavy (non-hydrogen) atoms. The normalized spacial score (nSPS) is 10.8. The summed E-state index contributed by atoms with van der Waals surface area (Å²) in [5.74, 6) is 0.742. The molecular weight excluding hydrogens is 236 g/mol. The summed E-state index contributed by atoms with van der Waals surface area (Å²) >= 11 is 0. The van der Waals surface area contributed by atoms with Crippen molar-refractivity contribution in [2.45, 2.75) is 13.8 Å². The molecule has 0 amide bonds. The Morgan fingerprint density at radius 3 is 2.47 bits per heavy atom. The summed E-state index contributed by atoms with van der Waals surface area (Å²) in [5, 5.41) is 1.06. The maximum absolute atomic E-state index is 11.1. The first-order chi connectivity index (χ1) is 9.17. The molecule has 0 N–H and O–H groups in total. The summed E-state index contributed by atoms with van der Waals surface area (Å²) in [4.78, 5) is 11.1. The van der Waals surface area contributed by atoms with Gasteiger partial charge in [0.1, 0.15) is 11.3 Å². The van der Waals surface area contributed by atoms with Crippen LogP contribution in [0, 0.1) is 13.8 Å². The van der Waals surface area contributed by atoms with Gasteiger partial charge in [-0.25, -0.2) is 0 Å². The number of aryl methyl sites for hydroxylation is 2. The Kier molecular flexibility index (Phi) is 2.71. The van der Waals surface area contributed by atoms with E-state index in [-0.39, 0.29) is 0 Å². The van der Waals surface area contributed by atoms with Crippen molar-refractivity contribution >= 4 is 17.3 Å². The summed E-state index contributed by atoms with van der Waals surface area (Å²) in [6.07, 6.45) is 0.868. The van der Waals surface area contributed by atoms with Crippen LogP contribution in [-0.4, -0.2) is 6.29 Å². The molecule has 0 saturated carbocycles. The van der Waals surface area contributed by atoms with Gasteiger partial charge in [0.25, 0.3) is 0 Å². The van der Waals surface area contributed by atoms with Crippen molar-refractivity contribution < 1.29 is 9.21 Å². The van der Waals surface area contributed by atoms with E-state index in [9.17, 15) is 4.79 Å². The van der Waals surface area contributed by atoms with Crippen LogP contribution in [0.4, 0.5) is 0 Å². The molecule has 1 aromatic heterocycles. The van der Waals surface area contributed by atoms with Crippen LogP contribution < -0.4 is 0 Å². The smallest absolute Gasteiger partial charge is 0.150 e. The van der Waals surface area contributed by atoms with Gasteiger partial charge in [0.15, 0.2) is 6.29 Å². The van der Waals surface area contributed by atoms with E-state index in [1.165, 1.54) is 5.56 Å². The molecule has 94 valence electrons. The number of carbonyl (C=O) groups is 1. The lowest BCUT2D eigenvalue weighted by Crippen LogP contribution is -1.87. The third-order valence-corrected chi connectivity index (χ3v) is 3.27. The second kappa shape index (κ2) is 4.39. The molecule has 0 spiro atoms. The van der Waals surface area contributed by atoms with Gasteiger partial charge >= 0.3 is 0 Å². The number of rotatable bonds is 2. The molecule has 0 radical (unpaired) electrons. The number of carbonyl (C=O) groups excluding carboxylic acids is 1. The Bertz CT molecular complexity index is 766. The standard InChI is InChI=1S/C17H14O2/c1-11-4-6-16-14(7-11)9-17(19-16)15-8-12(2)3-5-13(15)10-18/h3-10H,1-2H3. The third-order valence-electron chi connectivity index (χ3n) is 3.27. The Balaban J connectivity index is 2.24. The lowest BCUT2D eigenvalue weighted by atomic mass is 10.0. The monoisotopic (exact) mass is 250 g/mol. The van der Waals surface area contributed by atoms with Crippen molar-refractivity contribution in [2.75, 3.05) is 0 Å². The second-order valence-corrected chi connectivity index (χ2v) is 4.86. The first-order valence-electron chi connectivity index (χ1n) is 6.24. The fourth-order valence-corrected chi connectivity index (χ4v) is 2.28. The number of aldehydes is 1. The predicted molar refractivity (Wildman–Crippen MR) is 76.5 cm³/mol. The van der Waals surface area contributed by atoms with E-state index in [0.29, 0.717) is 5.56 Å². The largest absolute Gasteiger partial charge is 0.456 e. The summed E-state index contributed by atoms with van der Waals surface area (Å²) in [6, 6.07) is 13.8. The van der Waals surface area contributed by atoms with E-state index < -0.39 is 0 Å². The van der Waals surface area contributed by atoms with Crippen LogP contribution >= 0.6 is 0 Å². The van der Waals surface area contributed by atoms with Crippen LogP contribution in [0.25, 0.3) is 22.3 Å². The van der Waals surface area contributed by atoms with Gasteiger partial charge in [0.2, 0.25) is 0 Å². The molecule has 0 aliphatic carbocycles. The van der Waals surface area contributed by atoms with E-state index >= 15 is 0 Å². The van der Waals surface area contributed by atoms with Crippen molar-refractivity contribution in [1.29, 1.82) is 0 Å². The molecular formula is C17H14O2. The first-order valence-corrected chi connectivity index (χ1v) is 6.24. The van der Waals surface area contributed by atoms with E-state index in [1.54, 1.807) is 0 Å². The van der Waals surface area contributed by atoms with Crippen molar-refractivity contribution in [2.24, 2.45) is 0 Å². The molecule has 3 rings (SSSR count). The molecule has 3 aromatic rings. The number of hydrogen-bond donors (Lipinski definition) is 0. The van der Waals surface area contributed by atoms with E-state index in [4.69, 9.17) is 4.42 Å².